The third kappa shape index (κ3) is 4.13. The summed E-state index contributed by atoms with van der Waals surface area (Å²) in [7, 11) is 1.62. The highest BCUT2D eigenvalue weighted by molar-refractivity contribution is 6.31. The fourth-order valence-electron chi connectivity index (χ4n) is 2.39. The van der Waals surface area contributed by atoms with Crippen molar-refractivity contribution >= 4 is 34.7 Å². The van der Waals surface area contributed by atoms with E-state index >= 15 is 0 Å². The van der Waals surface area contributed by atoms with Crippen LogP contribution in [-0.4, -0.2) is 18.0 Å². The van der Waals surface area contributed by atoms with Crippen LogP contribution in [-0.2, 0) is 0 Å². The molecular weight excluding hydrogens is 350 g/mol. The number of rotatable bonds is 5. The molecule has 0 saturated carbocycles. The Morgan fingerprint density at radius 1 is 1.12 bits per heavy atom. The number of aromatic nitrogens is 1. The number of amides is 1. The lowest BCUT2D eigenvalue weighted by molar-refractivity contribution is 0.102. The van der Waals surface area contributed by atoms with Crippen LogP contribution in [0.15, 0.2) is 60.8 Å². The number of carbonyl (C=O) groups is 1. The first kappa shape index (κ1) is 17.8. The van der Waals surface area contributed by atoms with Gasteiger partial charge >= 0.3 is 0 Å². The highest BCUT2D eigenvalue weighted by atomic mass is 35.5. The Kier molecular flexibility index (Phi) is 5.39. The van der Waals surface area contributed by atoms with Crippen molar-refractivity contribution in [2.75, 3.05) is 17.7 Å². The Balaban J connectivity index is 1.70. The molecule has 0 atom stereocenters. The molecular formula is C20H18ClN3O2. The Hall–Kier alpha value is -3.05. The number of nitrogens with zero attached hydrogens (tertiary/aromatic N) is 1. The molecule has 1 aromatic heterocycles. The number of nitrogens with one attached hydrogen (secondary N) is 2. The van der Waals surface area contributed by atoms with E-state index < -0.39 is 0 Å². The molecule has 0 aliphatic carbocycles. The van der Waals surface area contributed by atoms with Crippen LogP contribution in [0.5, 0.6) is 5.75 Å². The van der Waals surface area contributed by atoms with Crippen molar-refractivity contribution in [3.05, 3.63) is 76.9 Å². The smallest absolute Gasteiger partial charge is 0.257 e. The maximum atomic E-state index is 12.4. The number of methoxy groups -OCH3 is 1. The molecule has 0 radical (unpaired) electrons. The molecule has 26 heavy (non-hydrogen) atoms. The van der Waals surface area contributed by atoms with Gasteiger partial charge in [0.25, 0.3) is 5.91 Å². The van der Waals surface area contributed by atoms with Crippen LogP contribution in [0, 0.1) is 6.92 Å². The van der Waals surface area contributed by atoms with Crippen molar-refractivity contribution in [1.82, 2.24) is 4.98 Å². The van der Waals surface area contributed by atoms with Gasteiger partial charge < -0.3 is 15.4 Å². The van der Waals surface area contributed by atoms with Crippen LogP contribution >= 0.6 is 11.6 Å². The molecule has 0 spiro atoms. The summed E-state index contributed by atoms with van der Waals surface area (Å²) in [5.41, 5.74) is 2.82. The first-order valence-corrected chi connectivity index (χ1v) is 8.38. The molecule has 3 aromatic rings. The molecule has 3 rings (SSSR count). The average molecular weight is 368 g/mol. The van der Waals surface area contributed by atoms with Gasteiger partial charge in [0.1, 0.15) is 11.6 Å². The number of carbonyl (C=O) groups excluding carboxylic acids is 1. The second-order valence-corrected chi connectivity index (χ2v) is 6.06. The fraction of sp³-hybridized carbons (Fsp3) is 0.100. The predicted molar refractivity (Wildman–Crippen MR) is 105 cm³/mol. The van der Waals surface area contributed by atoms with E-state index in [2.05, 4.69) is 15.6 Å². The van der Waals surface area contributed by atoms with Crippen molar-refractivity contribution < 1.29 is 9.53 Å². The molecule has 0 bridgehead atoms. The summed E-state index contributed by atoms with van der Waals surface area (Å²) in [5.74, 6) is 1.15. The van der Waals surface area contributed by atoms with E-state index in [1.54, 1.807) is 31.4 Å². The standard InChI is InChI=1S/C20H18ClN3O2/c1-13-17(21)7-4-8-18(13)24-20(25)14-9-10-19(22-12-14)23-15-5-3-6-16(11-15)26-2/h3-12H,1-2H3,(H,22,23)(H,24,25). The first-order chi connectivity index (χ1) is 12.6. The van der Waals surface area contributed by atoms with Gasteiger partial charge in [-0.25, -0.2) is 4.98 Å². The Bertz CT molecular complexity index is 927. The van der Waals surface area contributed by atoms with E-state index in [-0.39, 0.29) is 5.91 Å². The van der Waals surface area contributed by atoms with Gasteiger partial charge in [-0.05, 0) is 48.9 Å². The molecule has 5 nitrogen and oxygen atoms in total. The van der Waals surface area contributed by atoms with Gasteiger partial charge in [-0.1, -0.05) is 23.7 Å². The van der Waals surface area contributed by atoms with E-state index in [0.29, 0.717) is 22.1 Å². The zero-order valence-electron chi connectivity index (χ0n) is 14.4. The number of hydrogen-bond donors (Lipinski definition) is 2. The molecule has 0 aliphatic heterocycles. The Morgan fingerprint density at radius 3 is 2.65 bits per heavy atom. The number of pyridine rings is 1. The Labute approximate surface area is 157 Å². The van der Waals surface area contributed by atoms with Gasteiger partial charge in [0, 0.05) is 28.7 Å². The summed E-state index contributed by atoms with van der Waals surface area (Å²) in [5, 5.41) is 6.63. The lowest BCUT2D eigenvalue weighted by Gasteiger charge is -2.10. The molecule has 0 fully saturated rings. The molecule has 1 heterocycles. The van der Waals surface area contributed by atoms with Crippen molar-refractivity contribution in [2.24, 2.45) is 0 Å². The summed E-state index contributed by atoms with van der Waals surface area (Å²) < 4.78 is 5.19. The minimum absolute atomic E-state index is 0.240. The quantitative estimate of drug-likeness (QED) is 0.662. The number of benzene rings is 2. The first-order valence-electron chi connectivity index (χ1n) is 8.00. The summed E-state index contributed by atoms with van der Waals surface area (Å²) in [6.07, 6.45) is 1.53. The summed E-state index contributed by atoms with van der Waals surface area (Å²) in [4.78, 5) is 16.7. The third-order valence-electron chi connectivity index (χ3n) is 3.88. The van der Waals surface area contributed by atoms with Crippen molar-refractivity contribution in [2.45, 2.75) is 6.92 Å². The minimum atomic E-state index is -0.240. The molecule has 0 aliphatic rings. The normalized spacial score (nSPS) is 10.3. The second kappa shape index (κ2) is 7.89. The van der Waals surface area contributed by atoms with E-state index in [4.69, 9.17) is 16.3 Å². The zero-order valence-corrected chi connectivity index (χ0v) is 15.2. The highest BCUT2D eigenvalue weighted by Crippen LogP contribution is 2.24. The van der Waals surface area contributed by atoms with E-state index in [1.807, 2.05) is 37.3 Å². The highest BCUT2D eigenvalue weighted by Gasteiger charge is 2.10. The molecule has 132 valence electrons. The van der Waals surface area contributed by atoms with Crippen molar-refractivity contribution in [3.8, 4) is 5.75 Å². The van der Waals surface area contributed by atoms with Crippen LogP contribution in [0.1, 0.15) is 15.9 Å². The number of halogens is 1. The van der Waals surface area contributed by atoms with E-state index in [0.717, 1.165) is 17.0 Å². The van der Waals surface area contributed by atoms with E-state index in [9.17, 15) is 4.79 Å². The summed E-state index contributed by atoms with van der Waals surface area (Å²) in [6.45, 7) is 1.86. The maximum Gasteiger partial charge on any atom is 0.257 e. The molecule has 0 saturated heterocycles. The number of ether oxygens (including phenoxy) is 1. The van der Waals surface area contributed by atoms with Crippen LogP contribution in [0.3, 0.4) is 0 Å². The summed E-state index contributed by atoms with van der Waals surface area (Å²) >= 11 is 6.08. The van der Waals surface area contributed by atoms with Gasteiger partial charge in [-0.15, -0.1) is 0 Å². The number of hydrogen-bond acceptors (Lipinski definition) is 4. The summed E-state index contributed by atoms with van der Waals surface area (Å²) in [6, 6.07) is 16.4. The molecule has 6 heteroatoms. The molecule has 1 amide bonds. The lowest BCUT2D eigenvalue weighted by atomic mass is 10.2. The molecule has 2 aromatic carbocycles. The van der Waals surface area contributed by atoms with Crippen molar-refractivity contribution in [3.63, 3.8) is 0 Å². The van der Waals surface area contributed by atoms with Gasteiger partial charge in [0.2, 0.25) is 0 Å². The lowest BCUT2D eigenvalue weighted by Crippen LogP contribution is -2.13. The van der Waals surface area contributed by atoms with Gasteiger partial charge in [0.15, 0.2) is 0 Å². The fourth-order valence-corrected chi connectivity index (χ4v) is 2.56. The number of anilines is 3. The molecule has 0 unspecified atom stereocenters. The van der Waals surface area contributed by atoms with Crippen LogP contribution in [0.25, 0.3) is 0 Å². The maximum absolute atomic E-state index is 12.4. The monoisotopic (exact) mass is 367 g/mol. The average Bonchev–Trinajstić information content (AvgIpc) is 2.66. The van der Waals surface area contributed by atoms with Crippen LogP contribution in [0.4, 0.5) is 17.2 Å². The second-order valence-electron chi connectivity index (χ2n) is 5.66. The zero-order chi connectivity index (χ0) is 18.5. The topological polar surface area (TPSA) is 63.2 Å². The predicted octanol–water partition coefficient (Wildman–Crippen LogP) is 5.05. The largest absolute Gasteiger partial charge is 0.497 e. The van der Waals surface area contributed by atoms with Crippen molar-refractivity contribution in [1.29, 1.82) is 0 Å². The van der Waals surface area contributed by atoms with Gasteiger partial charge in [-0.2, -0.15) is 0 Å². The van der Waals surface area contributed by atoms with E-state index in [1.165, 1.54) is 6.20 Å². The van der Waals surface area contributed by atoms with Gasteiger partial charge in [0.05, 0.1) is 12.7 Å². The minimum Gasteiger partial charge on any atom is -0.497 e. The van der Waals surface area contributed by atoms with Gasteiger partial charge in [-0.3, -0.25) is 4.79 Å². The van der Waals surface area contributed by atoms with Crippen LogP contribution in [0.2, 0.25) is 5.02 Å². The Morgan fingerprint density at radius 2 is 1.92 bits per heavy atom. The molecule has 2 N–H and O–H groups in total. The van der Waals surface area contributed by atoms with Crippen LogP contribution < -0.4 is 15.4 Å². The third-order valence-corrected chi connectivity index (χ3v) is 4.29. The SMILES string of the molecule is COc1cccc(Nc2ccc(C(=O)Nc3cccc(Cl)c3C)cn2)c1.